The summed E-state index contributed by atoms with van der Waals surface area (Å²) in [5.74, 6) is -7.59. The van der Waals surface area contributed by atoms with Crippen LogP contribution in [0.5, 0.6) is 0 Å². The number of carbonyl (C=O) groups excluding carboxylic acids is 5. The van der Waals surface area contributed by atoms with Crippen LogP contribution in [-0.2, 0) is 94.4 Å². The average Bonchev–Trinajstić information content (AvgIpc) is 0.983. The molecule has 0 radical (unpaired) electrons. The van der Waals surface area contributed by atoms with Gasteiger partial charge in [-0.3, -0.25) is 19.2 Å². The topological polar surface area (TPSA) is 224 Å². The molecule has 84 heavy (non-hydrogen) atoms. The van der Waals surface area contributed by atoms with Crippen molar-refractivity contribution < 1.29 is 94.4 Å². The molecule has 0 bridgehead atoms. The first kappa shape index (κ1) is 65.8. The normalized spacial score (nSPS) is 27.8. The summed E-state index contributed by atoms with van der Waals surface area (Å²) in [6.45, 7) is 19.2. The summed E-state index contributed by atoms with van der Waals surface area (Å²) in [5, 5.41) is 2.70. The monoisotopic (exact) mass is 1200 g/mol. The second-order valence-electron chi connectivity index (χ2n) is 23.3. The Kier molecular flexibility index (Phi) is 21.4. The molecule has 4 aromatic carbocycles. The van der Waals surface area contributed by atoms with E-state index in [1.165, 1.54) is 21.3 Å². The number of carbonyl (C=O) groups is 5. The fourth-order valence-corrected chi connectivity index (χ4v) is 20.7. The third-order valence-corrected chi connectivity index (χ3v) is 25.7. The highest BCUT2D eigenvalue weighted by atomic mass is 28.4. The van der Waals surface area contributed by atoms with Crippen molar-refractivity contribution in [2.45, 2.75) is 172 Å². The first-order valence-corrected chi connectivity index (χ1v) is 31.8. The number of hydrogen-bond acceptors (Lipinski definition) is 20. The average molecular weight is 1200 g/mol. The summed E-state index contributed by atoms with van der Waals surface area (Å²) in [6.07, 6.45) is -16.9. The van der Waals surface area contributed by atoms with E-state index in [1.807, 2.05) is 97.1 Å². The van der Waals surface area contributed by atoms with Crippen molar-refractivity contribution in [3.63, 3.8) is 0 Å². The van der Waals surface area contributed by atoms with Gasteiger partial charge in [-0.1, -0.05) is 163 Å². The zero-order valence-electron chi connectivity index (χ0n) is 50.7. The van der Waals surface area contributed by atoms with Gasteiger partial charge in [-0.25, -0.2) is 4.79 Å². The molecule has 0 saturated carbocycles. The van der Waals surface area contributed by atoms with Gasteiger partial charge in [0.2, 0.25) is 11.6 Å². The Balaban J connectivity index is 1.44. The largest absolute Gasteiger partial charge is 0.467 e. The molecule has 3 heterocycles. The number of benzene rings is 4. The van der Waals surface area contributed by atoms with E-state index >= 15 is 0 Å². The summed E-state index contributed by atoms with van der Waals surface area (Å²) < 4.78 is 97.6. The zero-order chi connectivity index (χ0) is 61.4. The SMILES string of the molecule is COC(=O)[C@@H](CO[Si](c1ccccc1)(c1ccccc1)C(C)(C)C)O[C@H]1O[C@H](CO[Si](c2ccccc2)(c2ccccc2)C(C)(C)C)[C@H]2O[C@](C)(OC)[C@@](C)(OC)O[C@@H]2[C@H]1O[C@H]1O[C@H](COC(C)=O)[C@@H](OC(C)=O)[C@H](OC(C)=O)[C@@H]1OC(C)=O. The predicted molar refractivity (Wildman–Crippen MR) is 310 cm³/mol. The van der Waals surface area contributed by atoms with Gasteiger partial charge >= 0.3 is 29.8 Å². The number of ether oxygens (including phenoxy) is 13. The van der Waals surface area contributed by atoms with Gasteiger partial charge < -0.3 is 70.4 Å². The van der Waals surface area contributed by atoms with E-state index in [1.54, 1.807) is 13.8 Å². The molecule has 3 fully saturated rings. The third-order valence-electron chi connectivity index (χ3n) is 15.7. The van der Waals surface area contributed by atoms with E-state index in [4.69, 9.17) is 70.4 Å². The molecule has 20 nitrogen and oxygen atoms in total. The minimum Gasteiger partial charge on any atom is -0.467 e. The van der Waals surface area contributed by atoms with Crippen LogP contribution in [0, 0.1) is 0 Å². The number of esters is 5. The highest BCUT2D eigenvalue weighted by Crippen LogP contribution is 2.47. The minimum absolute atomic E-state index is 0.186. The summed E-state index contributed by atoms with van der Waals surface area (Å²) in [4.78, 5) is 66.1. The molecule has 22 heteroatoms. The first-order valence-electron chi connectivity index (χ1n) is 28.0. The Hall–Kier alpha value is -5.74. The highest BCUT2D eigenvalue weighted by Gasteiger charge is 2.65. The van der Waals surface area contributed by atoms with E-state index < -0.39 is 149 Å². The molecule has 4 aromatic rings. The molecule has 0 amide bonds. The summed E-state index contributed by atoms with van der Waals surface area (Å²) in [5.41, 5.74) is 0. The molecule has 458 valence electrons. The first-order chi connectivity index (χ1) is 39.7. The van der Waals surface area contributed by atoms with Crippen LogP contribution in [0.1, 0.15) is 83.1 Å². The Morgan fingerprint density at radius 1 is 0.500 bits per heavy atom. The molecule has 0 aromatic heterocycles. The fourth-order valence-electron chi connectivity index (χ4n) is 11.6. The van der Waals surface area contributed by atoms with Crippen molar-refractivity contribution in [1.29, 1.82) is 0 Å². The van der Waals surface area contributed by atoms with E-state index in [9.17, 15) is 24.0 Å². The van der Waals surface area contributed by atoms with Crippen molar-refractivity contribution in [3.05, 3.63) is 121 Å². The molecule has 3 saturated heterocycles. The van der Waals surface area contributed by atoms with E-state index in [-0.39, 0.29) is 6.61 Å². The lowest BCUT2D eigenvalue weighted by Crippen LogP contribution is -2.75. The summed E-state index contributed by atoms with van der Waals surface area (Å²) in [6, 6.07) is 39.6. The van der Waals surface area contributed by atoms with Gasteiger partial charge in [0.1, 0.15) is 37.1 Å². The molecule has 3 aliphatic rings. The van der Waals surface area contributed by atoms with Crippen molar-refractivity contribution in [2.24, 2.45) is 0 Å². The van der Waals surface area contributed by atoms with Gasteiger partial charge in [-0.15, -0.1) is 0 Å². The fraction of sp³-hybridized carbons (Fsp3) is 0.532. The van der Waals surface area contributed by atoms with Gasteiger partial charge in [0.25, 0.3) is 16.6 Å². The molecule has 13 atom stereocenters. The smallest absolute Gasteiger partial charge is 0.337 e. The Labute approximate surface area is 494 Å². The molecule has 3 aliphatic heterocycles. The lowest BCUT2D eigenvalue weighted by atomic mass is 9.93. The number of hydrogen-bond donors (Lipinski definition) is 0. The van der Waals surface area contributed by atoms with Crippen LogP contribution in [0.4, 0.5) is 0 Å². The highest BCUT2D eigenvalue weighted by molar-refractivity contribution is 7.00. The quantitative estimate of drug-likeness (QED) is 0.0546. The van der Waals surface area contributed by atoms with Crippen LogP contribution in [-0.4, -0.2) is 167 Å². The molecular formula is C62H82O20Si2. The van der Waals surface area contributed by atoms with Crippen LogP contribution in [0.2, 0.25) is 10.1 Å². The van der Waals surface area contributed by atoms with Crippen LogP contribution >= 0.6 is 0 Å². The number of rotatable bonds is 22. The lowest BCUT2D eigenvalue weighted by molar-refractivity contribution is -0.487. The Bertz CT molecular complexity index is 2760. The van der Waals surface area contributed by atoms with Gasteiger partial charge in [-0.05, 0) is 44.7 Å². The lowest BCUT2D eigenvalue weighted by Gasteiger charge is -2.58. The van der Waals surface area contributed by atoms with Crippen LogP contribution in [0.15, 0.2) is 121 Å². The Morgan fingerprint density at radius 3 is 1.31 bits per heavy atom. The predicted octanol–water partition coefficient (Wildman–Crippen LogP) is 5.40. The summed E-state index contributed by atoms with van der Waals surface area (Å²) >= 11 is 0. The maximum Gasteiger partial charge on any atom is 0.337 e. The maximum absolute atomic E-state index is 14.6. The van der Waals surface area contributed by atoms with Gasteiger partial charge in [0, 0.05) is 41.9 Å². The second-order valence-corrected chi connectivity index (χ2v) is 31.9. The molecule has 0 N–H and O–H groups in total. The second kappa shape index (κ2) is 27.3. The zero-order valence-corrected chi connectivity index (χ0v) is 52.7. The third kappa shape index (κ3) is 13.9. The van der Waals surface area contributed by atoms with Gasteiger partial charge in [-0.2, -0.15) is 0 Å². The Morgan fingerprint density at radius 2 is 0.905 bits per heavy atom. The number of methoxy groups -OCH3 is 3. The molecule has 0 spiro atoms. The van der Waals surface area contributed by atoms with Crippen molar-refractivity contribution >= 4 is 67.2 Å². The molecule has 7 rings (SSSR count). The van der Waals surface area contributed by atoms with Crippen molar-refractivity contribution in [1.82, 2.24) is 0 Å². The maximum atomic E-state index is 14.6. The van der Waals surface area contributed by atoms with Gasteiger partial charge in [0.15, 0.2) is 37.0 Å². The van der Waals surface area contributed by atoms with Crippen molar-refractivity contribution in [3.8, 4) is 0 Å². The van der Waals surface area contributed by atoms with Crippen molar-refractivity contribution in [2.75, 3.05) is 41.2 Å². The minimum atomic E-state index is -3.41. The van der Waals surface area contributed by atoms with Crippen LogP contribution in [0.3, 0.4) is 0 Å². The van der Waals surface area contributed by atoms with E-state index in [0.717, 1.165) is 48.4 Å². The molecule has 0 unspecified atom stereocenters. The molecular weight excluding hydrogens is 1120 g/mol. The van der Waals surface area contributed by atoms with E-state index in [2.05, 4.69) is 65.8 Å². The number of fused-ring (bicyclic) bond motifs is 1. The van der Waals surface area contributed by atoms with E-state index in [0.29, 0.717) is 0 Å². The van der Waals surface area contributed by atoms with Gasteiger partial charge in [0.05, 0.1) is 20.3 Å². The van der Waals surface area contributed by atoms with Crippen LogP contribution in [0.25, 0.3) is 0 Å². The standard InChI is InChI=1S/C62H82O20Si2/c1-39(63)71-36-47-50(74-40(2)64)52(75-41(3)65)54(76-42(4)66)58(77-47)80-55-53-51(81-61(11,69-14)62(12,70-15)82-53)48(37-72-83(59(5,6)7,43-28-20-16-21-29-43)44-30-22-17-23-31-44)78-57(55)79-49(56(67)68-13)38-73-84(60(8,9)10,45-32-24-18-25-33-45)46-34-26-19-27-35-46/h16-35,47-55,57-58H,36-38H2,1-15H3/t47-,48-,49-,50-,51-,52+,53+,54+,55-,57-,58-,61+,62+/m1/s1. The summed E-state index contributed by atoms with van der Waals surface area (Å²) in [7, 11) is -2.73. The van der Waals surface area contributed by atoms with Crippen LogP contribution < -0.4 is 20.7 Å². The molecule has 0 aliphatic carbocycles.